The molecule has 3 unspecified atom stereocenters. The molecule has 2 bridgehead atoms. The molecule has 41 heavy (non-hydrogen) atoms. The quantitative estimate of drug-likeness (QED) is 0.397. The van der Waals surface area contributed by atoms with Crippen molar-refractivity contribution in [3.8, 4) is 11.4 Å². The number of ether oxygens (including phenoxy) is 2. The van der Waals surface area contributed by atoms with Gasteiger partial charge >= 0.3 is 6.03 Å². The smallest absolute Gasteiger partial charge is 0.323 e. The van der Waals surface area contributed by atoms with Crippen LogP contribution in [0.5, 0.6) is 0 Å². The summed E-state index contributed by atoms with van der Waals surface area (Å²) in [4.78, 5) is 31.9. The van der Waals surface area contributed by atoms with Crippen LogP contribution in [0.1, 0.15) is 32.3 Å². The highest BCUT2D eigenvalue weighted by Crippen LogP contribution is 2.34. The maximum absolute atomic E-state index is 12.6. The fraction of sp³-hybridized carbons (Fsp3) is 0.467. The van der Waals surface area contributed by atoms with Crippen LogP contribution in [0.3, 0.4) is 0 Å². The van der Waals surface area contributed by atoms with Crippen LogP contribution < -0.4 is 20.4 Å². The van der Waals surface area contributed by atoms with Gasteiger partial charge in [0.2, 0.25) is 11.9 Å². The van der Waals surface area contributed by atoms with E-state index in [-0.39, 0.29) is 24.2 Å². The van der Waals surface area contributed by atoms with Crippen molar-refractivity contribution < 1.29 is 19.4 Å². The van der Waals surface area contributed by atoms with Gasteiger partial charge in [-0.1, -0.05) is 12.1 Å². The Balaban J connectivity index is 1.20. The summed E-state index contributed by atoms with van der Waals surface area (Å²) in [6, 6.07) is 15.3. The maximum Gasteiger partial charge on any atom is 0.323 e. The summed E-state index contributed by atoms with van der Waals surface area (Å²) < 4.78 is 11.5. The van der Waals surface area contributed by atoms with Crippen LogP contribution in [0.25, 0.3) is 11.4 Å². The average Bonchev–Trinajstić information content (AvgIpc) is 3.22. The second-order valence-corrected chi connectivity index (χ2v) is 11.1. The zero-order chi connectivity index (χ0) is 28.3. The number of hydrogen-bond acceptors (Lipinski definition) is 9. The monoisotopic (exact) mass is 559 g/mol. The second kappa shape index (κ2) is 12.0. The summed E-state index contributed by atoms with van der Waals surface area (Å²) in [5.74, 6) is 1.95. The van der Waals surface area contributed by atoms with Crippen molar-refractivity contribution in [2.75, 3.05) is 53.4 Å². The number of benzene rings is 2. The van der Waals surface area contributed by atoms with Crippen LogP contribution in [0.4, 0.5) is 28.1 Å². The summed E-state index contributed by atoms with van der Waals surface area (Å²) in [5, 5.41) is 15.3. The third-order valence-electron chi connectivity index (χ3n) is 7.85. The van der Waals surface area contributed by atoms with Crippen molar-refractivity contribution in [1.82, 2.24) is 15.0 Å². The first-order valence-corrected chi connectivity index (χ1v) is 14.3. The number of aromatic nitrogens is 3. The Morgan fingerprint density at radius 3 is 2.20 bits per heavy atom. The molecule has 4 atom stereocenters. The van der Waals surface area contributed by atoms with Gasteiger partial charge in [0.05, 0.1) is 50.7 Å². The van der Waals surface area contributed by atoms with Crippen molar-refractivity contribution >= 4 is 29.3 Å². The second-order valence-electron chi connectivity index (χ2n) is 11.1. The molecule has 0 aliphatic carbocycles. The summed E-state index contributed by atoms with van der Waals surface area (Å²) in [6.07, 6.45) is 2.31. The number of carbonyl (C=O) groups excluding carboxylic acids is 1. The Morgan fingerprint density at radius 1 is 0.927 bits per heavy atom. The molecule has 3 N–H and O–H groups in total. The number of morpholine rings is 2. The van der Waals surface area contributed by atoms with Gasteiger partial charge in [0.15, 0.2) is 5.82 Å². The van der Waals surface area contributed by atoms with Crippen molar-refractivity contribution in [2.45, 2.75) is 57.3 Å². The molecule has 3 saturated heterocycles. The van der Waals surface area contributed by atoms with Crippen molar-refractivity contribution in [1.29, 1.82) is 0 Å². The number of urea groups is 1. The minimum absolute atomic E-state index is 0.160. The number of amides is 2. The molecule has 0 spiro atoms. The predicted molar refractivity (Wildman–Crippen MR) is 157 cm³/mol. The lowest BCUT2D eigenvalue weighted by atomic mass is 10.1. The molecule has 3 aromatic rings. The summed E-state index contributed by atoms with van der Waals surface area (Å²) in [6.45, 7) is 7.25. The predicted octanol–water partition coefficient (Wildman–Crippen LogP) is 3.70. The molecular weight excluding hydrogens is 522 g/mol. The van der Waals surface area contributed by atoms with Gasteiger partial charge in [-0.2, -0.15) is 15.0 Å². The van der Waals surface area contributed by atoms with Crippen LogP contribution in [-0.4, -0.2) is 83.3 Å². The van der Waals surface area contributed by atoms with Crippen molar-refractivity contribution in [3.05, 3.63) is 54.1 Å². The van der Waals surface area contributed by atoms with Gasteiger partial charge in [0.1, 0.15) is 0 Å². The first-order valence-electron chi connectivity index (χ1n) is 14.3. The van der Waals surface area contributed by atoms with Crippen LogP contribution >= 0.6 is 0 Å². The zero-order valence-corrected chi connectivity index (χ0v) is 23.5. The molecule has 6 rings (SSSR count). The SMILES string of the molecule is CC(O)Cc1ccc(NC(=O)Nc2ccc(-c3nc(N4C5CCC4COC5)nc(N4CCOC[C@H]4C)n3)cc2)cc1. The number of rotatable bonds is 7. The van der Waals surface area contributed by atoms with E-state index in [9.17, 15) is 9.90 Å². The Labute approximate surface area is 239 Å². The van der Waals surface area contributed by atoms with E-state index in [0.717, 1.165) is 30.5 Å². The van der Waals surface area contributed by atoms with Crippen LogP contribution in [0.2, 0.25) is 0 Å². The van der Waals surface area contributed by atoms with Crippen LogP contribution in [-0.2, 0) is 15.9 Å². The topological polar surface area (TPSA) is 125 Å². The van der Waals surface area contributed by atoms with E-state index in [1.54, 1.807) is 6.92 Å². The number of fused-ring (bicyclic) bond motifs is 2. The molecule has 0 saturated carbocycles. The maximum atomic E-state index is 12.6. The normalized spacial score (nSPS) is 22.9. The van der Waals surface area contributed by atoms with E-state index in [0.29, 0.717) is 61.9 Å². The fourth-order valence-electron chi connectivity index (χ4n) is 5.77. The Morgan fingerprint density at radius 2 is 1.56 bits per heavy atom. The molecule has 4 heterocycles. The minimum atomic E-state index is -0.409. The van der Waals surface area contributed by atoms with Gasteiger partial charge in [-0.25, -0.2) is 4.79 Å². The Hall–Kier alpha value is -3.80. The number of aliphatic hydroxyl groups is 1. The van der Waals surface area contributed by atoms with Gasteiger partial charge in [0.25, 0.3) is 0 Å². The number of hydrogen-bond donors (Lipinski definition) is 3. The van der Waals surface area contributed by atoms with E-state index in [2.05, 4.69) is 27.4 Å². The lowest BCUT2D eigenvalue weighted by Gasteiger charge is -2.36. The van der Waals surface area contributed by atoms with Gasteiger partial charge in [-0.3, -0.25) is 0 Å². The molecule has 216 valence electrons. The minimum Gasteiger partial charge on any atom is -0.393 e. The van der Waals surface area contributed by atoms with E-state index >= 15 is 0 Å². The van der Waals surface area contributed by atoms with E-state index in [1.165, 1.54) is 0 Å². The van der Waals surface area contributed by atoms with Gasteiger partial charge in [-0.15, -0.1) is 0 Å². The first kappa shape index (κ1) is 27.4. The molecule has 2 aromatic carbocycles. The van der Waals surface area contributed by atoms with Crippen molar-refractivity contribution in [3.63, 3.8) is 0 Å². The molecule has 1 aromatic heterocycles. The van der Waals surface area contributed by atoms with E-state index < -0.39 is 6.10 Å². The highest BCUT2D eigenvalue weighted by atomic mass is 16.5. The molecule has 3 aliphatic rings. The van der Waals surface area contributed by atoms with Gasteiger partial charge in [0, 0.05) is 23.5 Å². The highest BCUT2D eigenvalue weighted by Gasteiger charge is 2.39. The number of nitrogens with zero attached hydrogens (tertiary/aromatic N) is 5. The van der Waals surface area contributed by atoms with Gasteiger partial charge in [-0.05, 0) is 75.1 Å². The molecule has 11 nitrogen and oxygen atoms in total. The lowest BCUT2D eigenvalue weighted by molar-refractivity contribution is 0.0895. The van der Waals surface area contributed by atoms with E-state index in [1.807, 2.05) is 48.5 Å². The molecule has 3 fully saturated rings. The third kappa shape index (κ3) is 6.27. The van der Waals surface area contributed by atoms with E-state index in [4.69, 9.17) is 24.4 Å². The van der Waals surface area contributed by atoms with Gasteiger partial charge < -0.3 is 35.0 Å². The largest absolute Gasteiger partial charge is 0.393 e. The standard InChI is InChI=1S/C30H37N7O4/c1-19-16-40-14-13-36(19)28-33-27(34-29(35-28)37-25-11-12-26(37)18-41-17-25)22-5-9-24(10-6-22)32-30(39)31-23-7-3-21(4-8-23)15-20(2)38/h3-10,19-20,25-26,38H,11-18H2,1-2H3,(H2,31,32,39)/t19-,20?,25?,26?/m1/s1. The lowest BCUT2D eigenvalue weighted by Crippen LogP contribution is -2.48. The molecule has 11 heteroatoms. The molecular formula is C30H37N7O4. The Bertz CT molecular complexity index is 1340. The fourth-order valence-corrected chi connectivity index (χ4v) is 5.77. The average molecular weight is 560 g/mol. The number of anilines is 4. The number of aliphatic hydroxyl groups excluding tert-OH is 1. The molecule has 3 aliphatic heterocycles. The zero-order valence-electron chi connectivity index (χ0n) is 23.5. The highest BCUT2D eigenvalue weighted by molar-refractivity contribution is 5.99. The summed E-state index contributed by atoms with van der Waals surface area (Å²) in [5.41, 5.74) is 3.18. The van der Waals surface area contributed by atoms with Crippen LogP contribution in [0.15, 0.2) is 48.5 Å². The Kier molecular flexibility index (Phi) is 8.00. The summed E-state index contributed by atoms with van der Waals surface area (Å²) >= 11 is 0. The van der Waals surface area contributed by atoms with Crippen molar-refractivity contribution in [2.24, 2.45) is 0 Å². The molecule has 2 amide bonds. The summed E-state index contributed by atoms with van der Waals surface area (Å²) in [7, 11) is 0. The number of nitrogens with one attached hydrogen (secondary N) is 2. The first-order chi connectivity index (χ1) is 19.9. The van der Waals surface area contributed by atoms with Crippen LogP contribution in [0, 0.1) is 0 Å². The third-order valence-corrected chi connectivity index (χ3v) is 7.85. The molecule has 0 radical (unpaired) electrons. The number of carbonyl (C=O) groups is 1.